The Hall–Kier alpha value is -1.99. The summed E-state index contributed by atoms with van der Waals surface area (Å²) in [6, 6.07) is -0.899. The van der Waals surface area contributed by atoms with E-state index in [2.05, 4.69) is 20.8 Å². The molecule has 1 heterocycles. The molecule has 0 saturated carbocycles. The van der Waals surface area contributed by atoms with Gasteiger partial charge in [-0.1, -0.05) is 13.8 Å². The van der Waals surface area contributed by atoms with E-state index in [0.29, 0.717) is 0 Å². The molecule has 0 saturated heterocycles. The first-order valence-electron chi connectivity index (χ1n) is 4.73. The number of nitrogens with one attached hydrogen (secondary N) is 1. The summed E-state index contributed by atoms with van der Waals surface area (Å²) in [5.74, 6) is -1.68. The van der Waals surface area contributed by atoms with Crippen LogP contribution in [0.1, 0.15) is 13.8 Å². The molecule has 0 spiro atoms. The number of carboxylic acid groups (broad SMARTS) is 1. The molecule has 0 aliphatic carbocycles. The third-order valence-corrected chi connectivity index (χ3v) is 1.95. The van der Waals surface area contributed by atoms with Gasteiger partial charge in [-0.2, -0.15) is 0 Å². The average molecular weight is 227 g/mol. The molecule has 0 aliphatic rings. The van der Waals surface area contributed by atoms with Gasteiger partial charge in [0.05, 0.1) is 0 Å². The Balaban J connectivity index is 2.52. The van der Waals surface area contributed by atoms with E-state index in [9.17, 15) is 9.59 Å². The number of aliphatic carboxylic acids is 1. The summed E-state index contributed by atoms with van der Waals surface area (Å²) in [6.45, 7) is 3.34. The van der Waals surface area contributed by atoms with Crippen molar-refractivity contribution in [1.82, 2.24) is 25.5 Å². The Kier molecular flexibility index (Phi) is 3.92. The van der Waals surface area contributed by atoms with E-state index in [1.54, 1.807) is 13.8 Å². The van der Waals surface area contributed by atoms with Crippen molar-refractivity contribution in [3.63, 3.8) is 0 Å². The fourth-order valence-corrected chi connectivity index (χ4v) is 1.13. The smallest absolute Gasteiger partial charge is 0.326 e. The van der Waals surface area contributed by atoms with Crippen LogP contribution in [-0.2, 0) is 16.1 Å². The molecule has 8 nitrogen and oxygen atoms in total. The first kappa shape index (κ1) is 12.1. The lowest BCUT2D eigenvalue weighted by molar-refractivity contribution is -0.143. The normalized spacial score (nSPS) is 12.4. The van der Waals surface area contributed by atoms with Crippen molar-refractivity contribution in [2.45, 2.75) is 26.4 Å². The third kappa shape index (κ3) is 3.30. The standard InChI is InChI=1S/C8H13N5O3/c1-5(2)7(8(15)16)10-6(14)3-13-4-9-11-12-13/h4-5,7H,3H2,1-2H3,(H,10,14)(H,15,16)/t7-/m1/s1. The van der Waals surface area contributed by atoms with E-state index in [1.165, 1.54) is 11.0 Å². The molecule has 0 radical (unpaired) electrons. The molecule has 1 aromatic rings. The number of amides is 1. The molecule has 88 valence electrons. The van der Waals surface area contributed by atoms with Gasteiger partial charge in [0.2, 0.25) is 5.91 Å². The van der Waals surface area contributed by atoms with Gasteiger partial charge in [0.15, 0.2) is 0 Å². The summed E-state index contributed by atoms with van der Waals surface area (Å²) in [6.07, 6.45) is 1.28. The van der Waals surface area contributed by atoms with Crippen molar-refractivity contribution < 1.29 is 14.7 Å². The monoisotopic (exact) mass is 227 g/mol. The van der Waals surface area contributed by atoms with Crippen LogP contribution < -0.4 is 5.32 Å². The fraction of sp³-hybridized carbons (Fsp3) is 0.625. The summed E-state index contributed by atoms with van der Waals surface area (Å²) in [5.41, 5.74) is 0. The first-order valence-corrected chi connectivity index (χ1v) is 4.73. The van der Waals surface area contributed by atoms with E-state index in [-0.39, 0.29) is 12.5 Å². The van der Waals surface area contributed by atoms with Gasteiger partial charge < -0.3 is 10.4 Å². The molecule has 16 heavy (non-hydrogen) atoms. The van der Waals surface area contributed by atoms with Crippen LogP contribution in [0.15, 0.2) is 6.33 Å². The second-order valence-corrected chi connectivity index (χ2v) is 3.63. The number of carbonyl (C=O) groups is 2. The van der Waals surface area contributed by atoms with Crippen LogP contribution in [0.4, 0.5) is 0 Å². The highest BCUT2D eigenvalue weighted by molar-refractivity contribution is 5.83. The lowest BCUT2D eigenvalue weighted by Gasteiger charge is -2.17. The van der Waals surface area contributed by atoms with Gasteiger partial charge in [-0.3, -0.25) is 4.79 Å². The minimum Gasteiger partial charge on any atom is -0.480 e. The molecular formula is C8H13N5O3. The minimum atomic E-state index is -1.06. The highest BCUT2D eigenvalue weighted by atomic mass is 16.4. The Labute approximate surface area is 91.6 Å². The molecule has 0 aliphatic heterocycles. The molecule has 1 aromatic heterocycles. The molecule has 0 aromatic carbocycles. The topological polar surface area (TPSA) is 110 Å². The number of hydrogen-bond donors (Lipinski definition) is 2. The maximum absolute atomic E-state index is 11.4. The summed E-state index contributed by atoms with van der Waals surface area (Å²) in [7, 11) is 0. The van der Waals surface area contributed by atoms with Gasteiger partial charge >= 0.3 is 5.97 Å². The second kappa shape index (κ2) is 5.19. The van der Waals surface area contributed by atoms with E-state index in [1.807, 2.05) is 0 Å². The predicted molar refractivity (Wildman–Crippen MR) is 52.2 cm³/mol. The van der Waals surface area contributed by atoms with Crippen LogP contribution in [0.2, 0.25) is 0 Å². The molecule has 2 N–H and O–H groups in total. The number of aromatic nitrogens is 4. The molecule has 1 atom stereocenters. The van der Waals surface area contributed by atoms with Gasteiger partial charge in [-0.15, -0.1) is 5.10 Å². The van der Waals surface area contributed by atoms with Crippen molar-refractivity contribution in [2.24, 2.45) is 5.92 Å². The van der Waals surface area contributed by atoms with Gasteiger partial charge in [-0.25, -0.2) is 9.48 Å². The Morgan fingerprint density at radius 2 is 2.19 bits per heavy atom. The highest BCUT2D eigenvalue weighted by Crippen LogP contribution is 2.01. The fourth-order valence-electron chi connectivity index (χ4n) is 1.13. The van der Waals surface area contributed by atoms with Crippen molar-refractivity contribution in [3.05, 3.63) is 6.33 Å². The molecule has 0 unspecified atom stereocenters. The number of nitrogens with zero attached hydrogens (tertiary/aromatic N) is 4. The van der Waals surface area contributed by atoms with Crippen LogP contribution in [0.5, 0.6) is 0 Å². The van der Waals surface area contributed by atoms with Crippen molar-refractivity contribution >= 4 is 11.9 Å². The average Bonchev–Trinajstić information content (AvgIpc) is 2.65. The number of carboxylic acids is 1. The summed E-state index contributed by atoms with van der Waals surface area (Å²) in [5, 5.41) is 21.5. The Bertz CT molecular complexity index is 362. The zero-order valence-corrected chi connectivity index (χ0v) is 8.99. The Morgan fingerprint density at radius 3 is 2.62 bits per heavy atom. The summed E-state index contributed by atoms with van der Waals surface area (Å²) < 4.78 is 1.22. The number of tetrazole rings is 1. The maximum Gasteiger partial charge on any atom is 0.326 e. The molecule has 8 heteroatoms. The first-order chi connectivity index (χ1) is 7.50. The number of hydrogen-bond acceptors (Lipinski definition) is 5. The minimum absolute atomic E-state index is 0.0938. The van der Waals surface area contributed by atoms with E-state index in [4.69, 9.17) is 5.11 Å². The largest absolute Gasteiger partial charge is 0.480 e. The quantitative estimate of drug-likeness (QED) is 0.660. The van der Waals surface area contributed by atoms with E-state index in [0.717, 1.165) is 0 Å². The van der Waals surface area contributed by atoms with Crippen molar-refractivity contribution in [1.29, 1.82) is 0 Å². The zero-order chi connectivity index (χ0) is 12.1. The molecular weight excluding hydrogens is 214 g/mol. The molecule has 1 rings (SSSR count). The van der Waals surface area contributed by atoms with Crippen LogP contribution in [0, 0.1) is 5.92 Å². The van der Waals surface area contributed by atoms with Crippen LogP contribution in [0.25, 0.3) is 0 Å². The Morgan fingerprint density at radius 1 is 1.50 bits per heavy atom. The van der Waals surface area contributed by atoms with E-state index >= 15 is 0 Å². The third-order valence-electron chi connectivity index (χ3n) is 1.95. The van der Waals surface area contributed by atoms with Crippen LogP contribution in [-0.4, -0.2) is 43.2 Å². The maximum atomic E-state index is 11.4. The lowest BCUT2D eigenvalue weighted by Crippen LogP contribution is -2.45. The summed E-state index contributed by atoms with van der Waals surface area (Å²) >= 11 is 0. The molecule has 1 amide bonds. The second-order valence-electron chi connectivity index (χ2n) is 3.63. The molecule has 0 bridgehead atoms. The number of carbonyl (C=O) groups excluding carboxylic acids is 1. The van der Waals surface area contributed by atoms with Gasteiger partial charge in [0, 0.05) is 0 Å². The van der Waals surface area contributed by atoms with Crippen molar-refractivity contribution in [3.8, 4) is 0 Å². The van der Waals surface area contributed by atoms with Gasteiger partial charge in [0.25, 0.3) is 0 Å². The van der Waals surface area contributed by atoms with Crippen LogP contribution in [0.3, 0.4) is 0 Å². The SMILES string of the molecule is CC(C)[C@@H](NC(=O)Cn1cnnn1)C(=O)O. The van der Waals surface area contributed by atoms with Crippen molar-refractivity contribution in [2.75, 3.05) is 0 Å². The highest BCUT2D eigenvalue weighted by Gasteiger charge is 2.23. The van der Waals surface area contributed by atoms with Gasteiger partial charge in [-0.05, 0) is 16.3 Å². The van der Waals surface area contributed by atoms with Gasteiger partial charge in [0.1, 0.15) is 18.9 Å². The number of rotatable bonds is 5. The molecule has 0 fully saturated rings. The van der Waals surface area contributed by atoms with E-state index < -0.39 is 17.9 Å². The lowest BCUT2D eigenvalue weighted by atomic mass is 10.1. The summed E-state index contributed by atoms with van der Waals surface area (Å²) in [4.78, 5) is 22.3. The zero-order valence-electron chi connectivity index (χ0n) is 8.99. The predicted octanol–water partition coefficient (Wildman–Crippen LogP) is -1.10. The van der Waals surface area contributed by atoms with Crippen LogP contribution >= 0.6 is 0 Å².